The number of nitrogens with one attached hydrogen (secondary N) is 1. The Bertz CT molecular complexity index is 814. The Morgan fingerprint density at radius 2 is 1.85 bits per heavy atom. The number of likely N-dealkylation sites (N-methyl/N-ethyl adjacent to an activating group) is 1. The summed E-state index contributed by atoms with van der Waals surface area (Å²) in [6.45, 7) is 0.169. The minimum absolute atomic E-state index is 0.133. The van der Waals surface area contributed by atoms with Crippen molar-refractivity contribution in [1.29, 1.82) is 0 Å². The number of hydrogen-bond acceptors (Lipinski definition) is 4. The van der Waals surface area contributed by atoms with Gasteiger partial charge in [-0.25, -0.2) is 0 Å². The molecule has 0 aliphatic heterocycles. The topological polar surface area (TPSA) is 59.9 Å². The zero-order valence-corrected chi connectivity index (χ0v) is 14.3. The molecule has 0 saturated carbocycles. The number of ether oxygens (including phenoxy) is 1. The van der Waals surface area contributed by atoms with E-state index in [-0.39, 0.29) is 18.2 Å². The van der Waals surface area contributed by atoms with E-state index in [4.69, 9.17) is 9.57 Å². The first-order chi connectivity index (χ1) is 12.5. The molecule has 2 rings (SSSR count). The Labute approximate surface area is 149 Å². The largest absolute Gasteiger partial charge is 0.489 e. The van der Waals surface area contributed by atoms with E-state index in [0.29, 0.717) is 16.9 Å². The highest BCUT2D eigenvalue weighted by Gasteiger charge is 2.17. The van der Waals surface area contributed by atoms with Gasteiger partial charge >= 0.3 is 0 Å². The SMILES string of the molecule is CNC(=O)/C(=N/OC)c1ccccc1COc1ccc(C=C(F)F)cc1. The van der Waals surface area contributed by atoms with E-state index in [1.165, 1.54) is 26.3 Å². The average Bonchev–Trinajstić information content (AvgIpc) is 2.65. The summed E-state index contributed by atoms with van der Waals surface area (Å²) in [6.07, 6.45) is -0.984. The van der Waals surface area contributed by atoms with Crippen molar-refractivity contribution in [3.05, 3.63) is 71.3 Å². The summed E-state index contributed by atoms with van der Waals surface area (Å²) >= 11 is 0. The predicted octanol–water partition coefficient (Wildman–Crippen LogP) is 3.60. The molecular formula is C19H18F2N2O3. The molecule has 0 aromatic heterocycles. The molecule has 0 saturated heterocycles. The van der Waals surface area contributed by atoms with Crippen molar-refractivity contribution in [2.24, 2.45) is 5.16 Å². The van der Waals surface area contributed by atoms with Crippen LogP contribution in [0.4, 0.5) is 8.78 Å². The first-order valence-electron chi connectivity index (χ1n) is 7.72. The molecule has 1 N–H and O–H groups in total. The average molecular weight is 360 g/mol. The normalized spacial score (nSPS) is 10.8. The van der Waals surface area contributed by atoms with E-state index in [9.17, 15) is 13.6 Å². The predicted molar refractivity (Wildman–Crippen MR) is 95.0 cm³/mol. The number of carbonyl (C=O) groups excluding carboxylic acids is 1. The van der Waals surface area contributed by atoms with Gasteiger partial charge in [0.2, 0.25) is 0 Å². The maximum Gasteiger partial charge on any atom is 0.273 e. The third-order valence-electron chi connectivity index (χ3n) is 3.45. The lowest BCUT2D eigenvalue weighted by molar-refractivity contribution is -0.114. The van der Waals surface area contributed by atoms with Crippen LogP contribution >= 0.6 is 0 Å². The van der Waals surface area contributed by atoms with E-state index >= 15 is 0 Å². The van der Waals surface area contributed by atoms with Crippen LogP contribution in [0.25, 0.3) is 6.08 Å². The summed E-state index contributed by atoms with van der Waals surface area (Å²) in [7, 11) is 2.86. The van der Waals surface area contributed by atoms with E-state index in [2.05, 4.69) is 10.5 Å². The first-order valence-corrected chi connectivity index (χ1v) is 7.72. The summed E-state index contributed by atoms with van der Waals surface area (Å²) in [4.78, 5) is 16.8. The molecule has 0 heterocycles. The molecule has 1 amide bonds. The molecule has 0 aliphatic carbocycles. The van der Waals surface area contributed by atoms with Gasteiger partial charge in [-0.1, -0.05) is 41.6 Å². The van der Waals surface area contributed by atoms with Gasteiger partial charge in [0.15, 0.2) is 5.71 Å². The minimum Gasteiger partial charge on any atom is -0.489 e. The Morgan fingerprint density at radius 1 is 1.15 bits per heavy atom. The molecule has 2 aromatic carbocycles. The summed E-state index contributed by atoms with van der Waals surface area (Å²) in [5.41, 5.74) is 1.82. The second-order valence-electron chi connectivity index (χ2n) is 5.15. The van der Waals surface area contributed by atoms with Crippen molar-refractivity contribution in [3.63, 3.8) is 0 Å². The van der Waals surface area contributed by atoms with Crippen LogP contribution < -0.4 is 10.1 Å². The zero-order valence-electron chi connectivity index (χ0n) is 14.3. The lowest BCUT2D eigenvalue weighted by Gasteiger charge is -2.12. The number of hydrogen-bond donors (Lipinski definition) is 1. The monoisotopic (exact) mass is 360 g/mol. The quantitative estimate of drug-likeness (QED) is 0.606. The van der Waals surface area contributed by atoms with E-state index in [0.717, 1.165) is 11.6 Å². The Kier molecular flexibility index (Phi) is 6.84. The highest BCUT2D eigenvalue weighted by molar-refractivity contribution is 6.45. The molecule has 0 atom stereocenters. The van der Waals surface area contributed by atoms with Gasteiger partial charge in [0.05, 0.1) is 0 Å². The van der Waals surface area contributed by atoms with Crippen LogP contribution in [0.2, 0.25) is 0 Å². The second-order valence-corrected chi connectivity index (χ2v) is 5.15. The number of halogens is 2. The fourth-order valence-corrected chi connectivity index (χ4v) is 2.25. The Morgan fingerprint density at radius 3 is 2.46 bits per heavy atom. The van der Waals surface area contributed by atoms with Crippen LogP contribution in [0.15, 0.2) is 59.8 Å². The highest BCUT2D eigenvalue weighted by atomic mass is 19.3. The smallest absolute Gasteiger partial charge is 0.273 e. The standard InChI is InChI=1S/C19H18F2N2O3/c1-22-19(24)18(23-25-2)16-6-4-3-5-14(16)12-26-15-9-7-13(8-10-15)11-17(20)21/h3-11H,12H2,1-2H3,(H,22,24)/b23-18+. The van der Waals surface area contributed by atoms with Gasteiger partial charge in [0.1, 0.15) is 19.5 Å². The van der Waals surface area contributed by atoms with Crippen molar-refractivity contribution in [1.82, 2.24) is 5.32 Å². The van der Waals surface area contributed by atoms with Gasteiger partial charge in [0, 0.05) is 18.7 Å². The molecule has 5 nitrogen and oxygen atoms in total. The van der Waals surface area contributed by atoms with Crippen molar-refractivity contribution in [2.45, 2.75) is 6.61 Å². The molecule has 0 aliphatic rings. The first kappa shape index (κ1) is 19.1. The van der Waals surface area contributed by atoms with Crippen LogP contribution in [0, 0.1) is 0 Å². The number of oxime groups is 1. The van der Waals surface area contributed by atoms with Gasteiger partial charge in [-0.2, -0.15) is 8.78 Å². The van der Waals surface area contributed by atoms with Crippen molar-refractivity contribution in [2.75, 3.05) is 14.2 Å². The molecule has 0 spiro atoms. The third kappa shape index (κ3) is 5.14. The highest BCUT2D eigenvalue weighted by Crippen LogP contribution is 2.18. The Hall–Kier alpha value is -3.22. The van der Waals surface area contributed by atoms with Crippen LogP contribution in [-0.4, -0.2) is 25.8 Å². The molecule has 26 heavy (non-hydrogen) atoms. The fourth-order valence-electron chi connectivity index (χ4n) is 2.25. The number of nitrogens with zero attached hydrogens (tertiary/aromatic N) is 1. The third-order valence-corrected chi connectivity index (χ3v) is 3.45. The summed E-state index contributed by atoms with van der Waals surface area (Å²) in [5.74, 6) is 0.130. The number of benzene rings is 2. The lowest BCUT2D eigenvalue weighted by Crippen LogP contribution is -2.29. The molecule has 136 valence electrons. The maximum atomic E-state index is 12.2. The number of rotatable bonds is 7. The van der Waals surface area contributed by atoms with Crippen LogP contribution in [0.5, 0.6) is 5.75 Å². The summed E-state index contributed by atoms with van der Waals surface area (Å²) in [6, 6.07) is 13.4. The van der Waals surface area contributed by atoms with Gasteiger partial charge in [0.25, 0.3) is 12.0 Å². The van der Waals surface area contributed by atoms with Crippen LogP contribution in [-0.2, 0) is 16.2 Å². The fraction of sp³-hybridized carbons (Fsp3) is 0.158. The van der Waals surface area contributed by atoms with Crippen molar-refractivity contribution in [3.8, 4) is 5.75 Å². The number of amides is 1. The van der Waals surface area contributed by atoms with Crippen LogP contribution in [0.1, 0.15) is 16.7 Å². The van der Waals surface area contributed by atoms with Gasteiger partial charge < -0.3 is 14.9 Å². The van der Waals surface area contributed by atoms with E-state index in [1.807, 2.05) is 6.07 Å². The molecule has 0 radical (unpaired) electrons. The van der Waals surface area contributed by atoms with Gasteiger partial charge in [-0.15, -0.1) is 0 Å². The molecule has 0 fully saturated rings. The molecule has 0 bridgehead atoms. The van der Waals surface area contributed by atoms with Gasteiger partial charge in [-0.3, -0.25) is 4.79 Å². The summed E-state index contributed by atoms with van der Waals surface area (Å²) < 4.78 is 30.2. The zero-order chi connectivity index (χ0) is 18.9. The van der Waals surface area contributed by atoms with Crippen LogP contribution in [0.3, 0.4) is 0 Å². The molecular weight excluding hydrogens is 342 g/mol. The van der Waals surface area contributed by atoms with Gasteiger partial charge in [-0.05, 0) is 23.3 Å². The lowest BCUT2D eigenvalue weighted by atomic mass is 10.0. The second kappa shape index (κ2) is 9.31. The molecule has 0 unspecified atom stereocenters. The van der Waals surface area contributed by atoms with E-state index in [1.54, 1.807) is 30.3 Å². The maximum absolute atomic E-state index is 12.2. The van der Waals surface area contributed by atoms with Crippen molar-refractivity contribution < 1.29 is 23.1 Å². The van der Waals surface area contributed by atoms with Crippen molar-refractivity contribution >= 4 is 17.7 Å². The number of carbonyl (C=O) groups is 1. The molecule has 7 heteroatoms. The summed E-state index contributed by atoms with van der Waals surface area (Å²) in [5, 5.41) is 6.31. The minimum atomic E-state index is -1.76. The van der Waals surface area contributed by atoms with E-state index < -0.39 is 6.08 Å². The molecule has 2 aromatic rings. The Balaban J connectivity index is 2.19.